The predicted molar refractivity (Wildman–Crippen MR) is 80.6 cm³/mol. The standard InChI is InChI=1S/C15H14BrNO3/c16-11-1-3-13(18)10(7-11)9-17-12-2-4-14-15(8-12)20-6-5-19-14/h1-4,7-8,17-18H,5-6,9H2. The molecule has 0 spiro atoms. The monoisotopic (exact) mass is 335 g/mol. The summed E-state index contributed by atoms with van der Waals surface area (Å²) >= 11 is 3.40. The van der Waals surface area contributed by atoms with Crippen molar-refractivity contribution in [2.24, 2.45) is 0 Å². The van der Waals surface area contributed by atoms with E-state index in [1.165, 1.54) is 0 Å². The summed E-state index contributed by atoms with van der Waals surface area (Å²) in [6.07, 6.45) is 0. The molecule has 20 heavy (non-hydrogen) atoms. The fourth-order valence-corrected chi connectivity index (χ4v) is 2.45. The SMILES string of the molecule is Oc1ccc(Br)cc1CNc1ccc2c(c1)OCCO2. The lowest BCUT2D eigenvalue weighted by Crippen LogP contribution is -2.15. The van der Waals surface area contributed by atoms with Gasteiger partial charge in [-0.1, -0.05) is 15.9 Å². The molecule has 1 heterocycles. The zero-order valence-electron chi connectivity index (χ0n) is 10.7. The molecule has 0 saturated carbocycles. The Morgan fingerprint density at radius 1 is 1.05 bits per heavy atom. The summed E-state index contributed by atoms with van der Waals surface area (Å²) in [5.41, 5.74) is 1.75. The van der Waals surface area contributed by atoms with Gasteiger partial charge in [0.25, 0.3) is 0 Å². The Hall–Kier alpha value is -1.88. The van der Waals surface area contributed by atoms with E-state index in [0.717, 1.165) is 27.2 Å². The number of hydrogen-bond acceptors (Lipinski definition) is 4. The molecule has 0 aliphatic carbocycles. The van der Waals surface area contributed by atoms with Crippen molar-refractivity contribution in [1.29, 1.82) is 0 Å². The normalized spacial score (nSPS) is 13.1. The topological polar surface area (TPSA) is 50.7 Å². The molecule has 0 fully saturated rings. The van der Waals surface area contributed by atoms with Crippen LogP contribution in [0.5, 0.6) is 17.2 Å². The highest BCUT2D eigenvalue weighted by molar-refractivity contribution is 9.10. The number of phenolic OH excluding ortho intramolecular Hbond substituents is 1. The Morgan fingerprint density at radius 3 is 2.70 bits per heavy atom. The molecule has 1 aliphatic heterocycles. The van der Waals surface area contributed by atoms with Crippen molar-refractivity contribution in [3.8, 4) is 17.2 Å². The maximum Gasteiger partial charge on any atom is 0.163 e. The lowest BCUT2D eigenvalue weighted by Gasteiger charge is -2.19. The van der Waals surface area contributed by atoms with E-state index in [4.69, 9.17) is 9.47 Å². The Labute approximate surface area is 125 Å². The van der Waals surface area contributed by atoms with Crippen LogP contribution in [0.2, 0.25) is 0 Å². The minimum absolute atomic E-state index is 0.276. The van der Waals surface area contributed by atoms with Crippen molar-refractivity contribution in [1.82, 2.24) is 0 Å². The molecular weight excluding hydrogens is 322 g/mol. The molecule has 0 bridgehead atoms. The highest BCUT2D eigenvalue weighted by atomic mass is 79.9. The molecule has 0 atom stereocenters. The fourth-order valence-electron chi connectivity index (χ4n) is 2.05. The first kappa shape index (κ1) is 13.1. The molecule has 0 unspecified atom stereocenters. The Balaban J connectivity index is 1.73. The van der Waals surface area contributed by atoms with Crippen LogP contribution < -0.4 is 14.8 Å². The molecule has 0 aromatic heterocycles. The smallest absolute Gasteiger partial charge is 0.163 e. The molecule has 5 heteroatoms. The first-order chi connectivity index (χ1) is 9.72. The third-order valence-corrected chi connectivity index (χ3v) is 3.56. The molecule has 4 nitrogen and oxygen atoms in total. The summed E-state index contributed by atoms with van der Waals surface area (Å²) in [7, 11) is 0. The van der Waals surface area contributed by atoms with Crippen molar-refractivity contribution in [2.45, 2.75) is 6.54 Å². The number of fused-ring (bicyclic) bond motifs is 1. The zero-order valence-corrected chi connectivity index (χ0v) is 12.3. The van der Waals surface area contributed by atoms with Crippen molar-refractivity contribution < 1.29 is 14.6 Å². The number of ether oxygens (including phenoxy) is 2. The maximum absolute atomic E-state index is 9.80. The average Bonchev–Trinajstić information content (AvgIpc) is 2.48. The zero-order chi connectivity index (χ0) is 13.9. The maximum atomic E-state index is 9.80. The largest absolute Gasteiger partial charge is 0.508 e. The number of hydrogen-bond donors (Lipinski definition) is 2. The third-order valence-electron chi connectivity index (χ3n) is 3.07. The summed E-state index contributed by atoms with van der Waals surface area (Å²) in [5.74, 6) is 1.80. The molecule has 0 saturated heterocycles. The molecule has 3 rings (SSSR count). The van der Waals surface area contributed by atoms with Crippen molar-refractivity contribution in [3.63, 3.8) is 0 Å². The molecule has 2 aromatic rings. The lowest BCUT2D eigenvalue weighted by atomic mass is 10.2. The van der Waals surface area contributed by atoms with Gasteiger partial charge in [-0.3, -0.25) is 0 Å². The van der Waals surface area contributed by atoms with Gasteiger partial charge in [0.05, 0.1) is 0 Å². The molecule has 2 N–H and O–H groups in total. The first-order valence-electron chi connectivity index (χ1n) is 6.33. The van der Waals surface area contributed by atoms with E-state index in [0.29, 0.717) is 19.8 Å². The van der Waals surface area contributed by atoms with E-state index in [1.54, 1.807) is 6.07 Å². The van der Waals surface area contributed by atoms with E-state index in [1.807, 2.05) is 30.3 Å². The number of benzene rings is 2. The highest BCUT2D eigenvalue weighted by Gasteiger charge is 2.11. The minimum Gasteiger partial charge on any atom is -0.508 e. The van der Waals surface area contributed by atoms with Gasteiger partial charge in [0, 0.05) is 28.3 Å². The van der Waals surface area contributed by atoms with Gasteiger partial charge in [-0.25, -0.2) is 0 Å². The van der Waals surface area contributed by atoms with Crippen LogP contribution in [0.25, 0.3) is 0 Å². The third kappa shape index (κ3) is 2.82. The van der Waals surface area contributed by atoms with Crippen LogP contribution in [-0.2, 0) is 6.54 Å². The lowest BCUT2D eigenvalue weighted by molar-refractivity contribution is 0.171. The number of nitrogens with one attached hydrogen (secondary N) is 1. The predicted octanol–water partition coefficient (Wildman–Crippen LogP) is 3.54. The van der Waals surface area contributed by atoms with Crippen molar-refractivity contribution in [2.75, 3.05) is 18.5 Å². The second kappa shape index (κ2) is 5.63. The quantitative estimate of drug-likeness (QED) is 0.900. The summed E-state index contributed by atoms with van der Waals surface area (Å²) in [4.78, 5) is 0. The van der Waals surface area contributed by atoms with Gasteiger partial charge in [-0.05, 0) is 30.3 Å². The number of aromatic hydroxyl groups is 1. The van der Waals surface area contributed by atoms with Crippen LogP contribution in [0.15, 0.2) is 40.9 Å². The molecule has 0 radical (unpaired) electrons. The van der Waals surface area contributed by atoms with E-state index in [2.05, 4.69) is 21.2 Å². The summed E-state index contributed by atoms with van der Waals surface area (Å²) in [6, 6.07) is 11.1. The number of halogens is 1. The summed E-state index contributed by atoms with van der Waals surface area (Å²) in [6.45, 7) is 1.69. The minimum atomic E-state index is 0.276. The van der Waals surface area contributed by atoms with E-state index >= 15 is 0 Å². The molecule has 2 aromatic carbocycles. The van der Waals surface area contributed by atoms with Gasteiger partial charge >= 0.3 is 0 Å². The second-order valence-electron chi connectivity index (χ2n) is 4.49. The molecule has 1 aliphatic rings. The van der Waals surface area contributed by atoms with Crippen LogP contribution >= 0.6 is 15.9 Å². The first-order valence-corrected chi connectivity index (χ1v) is 7.12. The van der Waals surface area contributed by atoms with Crippen LogP contribution in [0.3, 0.4) is 0 Å². The van der Waals surface area contributed by atoms with Crippen LogP contribution in [0.1, 0.15) is 5.56 Å². The Kier molecular flexibility index (Phi) is 3.69. The van der Waals surface area contributed by atoms with Crippen molar-refractivity contribution >= 4 is 21.6 Å². The van der Waals surface area contributed by atoms with Gasteiger partial charge in [0.2, 0.25) is 0 Å². The van der Waals surface area contributed by atoms with Gasteiger partial charge in [-0.2, -0.15) is 0 Å². The molecule has 0 amide bonds. The number of rotatable bonds is 3. The fraction of sp³-hybridized carbons (Fsp3) is 0.200. The highest BCUT2D eigenvalue weighted by Crippen LogP contribution is 2.33. The average molecular weight is 336 g/mol. The van der Waals surface area contributed by atoms with Crippen LogP contribution in [0.4, 0.5) is 5.69 Å². The van der Waals surface area contributed by atoms with Gasteiger partial charge < -0.3 is 19.9 Å². The molecular formula is C15H14BrNO3. The van der Waals surface area contributed by atoms with E-state index in [-0.39, 0.29) is 5.75 Å². The van der Waals surface area contributed by atoms with Gasteiger partial charge in [0.15, 0.2) is 11.5 Å². The number of anilines is 1. The van der Waals surface area contributed by atoms with Crippen LogP contribution in [0, 0.1) is 0 Å². The summed E-state index contributed by atoms with van der Waals surface area (Å²) < 4.78 is 12.0. The number of phenols is 1. The van der Waals surface area contributed by atoms with E-state index < -0.39 is 0 Å². The van der Waals surface area contributed by atoms with Gasteiger partial charge in [0.1, 0.15) is 19.0 Å². The second-order valence-corrected chi connectivity index (χ2v) is 5.40. The van der Waals surface area contributed by atoms with Gasteiger partial charge in [-0.15, -0.1) is 0 Å². The van der Waals surface area contributed by atoms with Crippen molar-refractivity contribution in [3.05, 3.63) is 46.4 Å². The van der Waals surface area contributed by atoms with Crippen LogP contribution in [-0.4, -0.2) is 18.3 Å². The Morgan fingerprint density at radius 2 is 1.85 bits per heavy atom. The summed E-state index contributed by atoms with van der Waals surface area (Å²) in [5, 5.41) is 13.1. The molecule has 104 valence electrons. The Bertz CT molecular complexity index is 631. The van der Waals surface area contributed by atoms with E-state index in [9.17, 15) is 5.11 Å².